The van der Waals surface area contributed by atoms with Crippen molar-refractivity contribution < 1.29 is 0 Å². The zero-order valence-electron chi connectivity index (χ0n) is 15.5. The number of aromatic amines is 1. The topological polar surface area (TPSA) is 70.3 Å². The number of rotatable bonds is 3. The molecule has 0 fully saturated rings. The summed E-state index contributed by atoms with van der Waals surface area (Å²) in [5.74, 6) is 0.590. The maximum Gasteiger partial charge on any atom is 0.149 e. The van der Waals surface area contributed by atoms with Gasteiger partial charge in [0.05, 0.1) is 16.6 Å². The van der Waals surface area contributed by atoms with E-state index < -0.39 is 0 Å². The zero-order chi connectivity index (χ0) is 19.0. The van der Waals surface area contributed by atoms with Crippen LogP contribution in [-0.4, -0.2) is 19.5 Å². The molecule has 0 aliphatic carbocycles. The fourth-order valence-electron chi connectivity index (χ4n) is 3.38. The fourth-order valence-corrected chi connectivity index (χ4v) is 3.38. The van der Waals surface area contributed by atoms with Crippen LogP contribution in [0.1, 0.15) is 28.3 Å². The summed E-state index contributed by atoms with van der Waals surface area (Å²) < 4.78 is 2.16. The predicted molar refractivity (Wildman–Crippen MR) is 107 cm³/mol. The summed E-state index contributed by atoms with van der Waals surface area (Å²) in [6.07, 6.45) is 5.45. The van der Waals surface area contributed by atoms with E-state index in [1.807, 2.05) is 43.3 Å². The number of nitrogens with zero attached hydrogens (tertiary/aromatic N) is 4. The molecule has 1 aromatic carbocycles. The third-order valence-electron chi connectivity index (χ3n) is 4.70. The summed E-state index contributed by atoms with van der Waals surface area (Å²) in [5, 5.41) is 9.71. The number of nitriles is 1. The summed E-state index contributed by atoms with van der Waals surface area (Å²) >= 11 is 0. The van der Waals surface area contributed by atoms with Crippen LogP contribution in [0.25, 0.3) is 28.4 Å². The number of aryl methyl sites for hydroxylation is 2. The van der Waals surface area contributed by atoms with Gasteiger partial charge in [-0.15, -0.1) is 0 Å². The highest BCUT2D eigenvalue weighted by molar-refractivity contribution is 5.91. The molecule has 0 atom stereocenters. The largest absolute Gasteiger partial charge is 0.337 e. The van der Waals surface area contributed by atoms with Gasteiger partial charge in [0.1, 0.15) is 11.9 Å². The van der Waals surface area contributed by atoms with Gasteiger partial charge in [-0.1, -0.05) is 6.07 Å². The van der Waals surface area contributed by atoms with Gasteiger partial charge in [0.15, 0.2) is 0 Å². The predicted octanol–water partition coefficient (Wildman–Crippen LogP) is 4.74. The number of allylic oxidation sites excluding steroid dienone is 1. The van der Waals surface area contributed by atoms with E-state index in [1.165, 1.54) is 0 Å². The van der Waals surface area contributed by atoms with Crippen molar-refractivity contribution in [3.63, 3.8) is 0 Å². The Hall–Kier alpha value is -3.65. The third kappa shape index (κ3) is 3.02. The number of H-pyrrole nitrogens is 1. The minimum atomic E-state index is 0.513. The highest BCUT2D eigenvalue weighted by Crippen LogP contribution is 2.25. The number of imidazole rings is 1. The molecule has 132 valence electrons. The summed E-state index contributed by atoms with van der Waals surface area (Å²) in [5.41, 5.74) is 7.68. The smallest absolute Gasteiger partial charge is 0.149 e. The van der Waals surface area contributed by atoms with Gasteiger partial charge in [0.25, 0.3) is 0 Å². The Balaban J connectivity index is 1.80. The lowest BCUT2D eigenvalue weighted by molar-refractivity contribution is 0.960. The van der Waals surface area contributed by atoms with Crippen LogP contribution in [-0.2, 0) is 0 Å². The molecule has 0 radical (unpaired) electrons. The average molecular weight is 353 g/mol. The second kappa shape index (κ2) is 6.58. The van der Waals surface area contributed by atoms with Crippen molar-refractivity contribution in [1.82, 2.24) is 19.5 Å². The molecule has 3 heterocycles. The van der Waals surface area contributed by atoms with E-state index in [-0.39, 0.29) is 0 Å². The first kappa shape index (κ1) is 16.8. The van der Waals surface area contributed by atoms with E-state index in [1.54, 1.807) is 12.4 Å². The quantitative estimate of drug-likeness (QED) is 0.541. The van der Waals surface area contributed by atoms with Crippen molar-refractivity contribution in [3.05, 3.63) is 77.1 Å². The lowest BCUT2D eigenvalue weighted by atomic mass is 10.1. The number of benzene rings is 1. The molecular weight excluding hydrogens is 334 g/mol. The van der Waals surface area contributed by atoms with Crippen molar-refractivity contribution in [3.8, 4) is 11.8 Å². The summed E-state index contributed by atoms with van der Waals surface area (Å²) in [7, 11) is 0. The molecule has 0 saturated heterocycles. The summed E-state index contributed by atoms with van der Waals surface area (Å²) in [6, 6.07) is 14.3. The molecular formula is C22H19N5. The number of nitrogens with one attached hydrogen (secondary N) is 1. The molecule has 0 aliphatic heterocycles. The highest BCUT2D eigenvalue weighted by Gasteiger charge is 2.13. The Kier molecular flexibility index (Phi) is 4.09. The van der Waals surface area contributed by atoms with E-state index in [4.69, 9.17) is 0 Å². The van der Waals surface area contributed by atoms with Gasteiger partial charge in [-0.25, -0.2) is 4.98 Å². The SMILES string of the molecule is Cc1ccc2nc(/C(C#N)=C\c3cc(C)n(-c4ccncc4)c3C)[nH]c2c1. The number of hydrogen-bond acceptors (Lipinski definition) is 3. The number of aromatic nitrogens is 4. The maximum absolute atomic E-state index is 9.71. The monoisotopic (exact) mass is 353 g/mol. The van der Waals surface area contributed by atoms with E-state index in [2.05, 4.69) is 45.5 Å². The van der Waals surface area contributed by atoms with Gasteiger partial charge in [-0.05, 0) is 68.3 Å². The molecule has 0 bridgehead atoms. The van der Waals surface area contributed by atoms with Gasteiger partial charge in [0.2, 0.25) is 0 Å². The van der Waals surface area contributed by atoms with Gasteiger partial charge in [0, 0.05) is 29.5 Å². The molecule has 27 heavy (non-hydrogen) atoms. The van der Waals surface area contributed by atoms with Gasteiger partial charge in [-0.3, -0.25) is 4.98 Å². The summed E-state index contributed by atoms with van der Waals surface area (Å²) in [4.78, 5) is 11.9. The standard InChI is InChI=1S/C22H19N5/c1-14-4-5-20-21(10-14)26-22(25-20)18(13-23)12-17-11-15(2)27(16(17)3)19-6-8-24-9-7-19/h4-12H,1-3H3,(H,25,26)/b18-12-. The molecule has 0 unspecified atom stereocenters. The van der Waals surface area contributed by atoms with Crippen molar-refractivity contribution in [2.24, 2.45) is 0 Å². The van der Waals surface area contributed by atoms with Crippen LogP contribution in [0.15, 0.2) is 48.8 Å². The lowest BCUT2D eigenvalue weighted by Gasteiger charge is -2.08. The van der Waals surface area contributed by atoms with Crippen molar-refractivity contribution >= 4 is 22.7 Å². The van der Waals surface area contributed by atoms with Crippen LogP contribution < -0.4 is 0 Å². The molecule has 0 spiro atoms. The molecule has 0 saturated carbocycles. The second-order valence-electron chi connectivity index (χ2n) is 6.64. The van der Waals surface area contributed by atoms with Crippen molar-refractivity contribution in [2.45, 2.75) is 20.8 Å². The molecule has 0 aliphatic rings. The van der Waals surface area contributed by atoms with E-state index in [9.17, 15) is 5.26 Å². The van der Waals surface area contributed by atoms with Crippen molar-refractivity contribution in [1.29, 1.82) is 5.26 Å². The third-order valence-corrected chi connectivity index (χ3v) is 4.70. The Morgan fingerprint density at radius 3 is 2.63 bits per heavy atom. The first-order valence-electron chi connectivity index (χ1n) is 8.74. The molecule has 1 N–H and O–H groups in total. The minimum absolute atomic E-state index is 0.513. The summed E-state index contributed by atoms with van der Waals surface area (Å²) in [6.45, 7) is 6.14. The van der Waals surface area contributed by atoms with Crippen LogP contribution in [0.2, 0.25) is 0 Å². The van der Waals surface area contributed by atoms with Crippen LogP contribution in [0.4, 0.5) is 0 Å². The fraction of sp³-hybridized carbons (Fsp3) is 0.136. The number of pyridine rings is 1. The minimum Gasteiger partial charge on any atom is -0.337 e. The average Bonchev–Trinajstić information content (AvgIpc) is 3.20. The highest BCUT2D eigenvalue weighted by atomic mass is 15.0. The number of hydrogen-bond donors (Lipinski definition) is 1. The molecule has 4 aromatic rings. The van der Waals surface area contributed by atoms with Crippen LogP contribution >= 0.6 is 0 Å². The van der Waals surface area contributed by atoms with Crippen LogP contribution in [0, 0.1) is 32.1 Å². The molecule has 0 amide bonds. The van der Waals surface area contributed by atoms with Crippen LogP contribution in [0.5, 0.6) is 0 Å². The number of fused-ring (bicyclic) bond motifs is 1. The Labute approximate surface area is 157 Å². The zero-order valence-corrected chi connectivity index (χ0v) is 15.5. The molecule has 5 heteroatoms. The van der Waals surface area contributed by atoms with Crippen molar-refractivity contribution in [2.75, 3.05) is 0 Å². The molecule has 4 rings (SSSR count). The Morgan fingerprint density at radius 1 is 1.11 bits per heavy atom. The maximum atomic E-state index is 9.71. The lowest BCUT2D eigenvalue weighted by Crippen LogP contribution is -1.98. The molecule has 5 nitrogen and oxygen atoms in total. The van der Waals surface area contributed by atoms with Gasteiger partial charge in [-0.2, -0.15) is 5.26 Å². The second-order valence-corrected chi connectivity index (χ2v) is 6.64. The van der Waals surface area contributed by atoms with E-state index in [0.717, 1.165) is 39.2 Å². The Bertz CT molecular complexity index is 1200. The van der Waals surface area contributed by atoms with Gasteiger partial charge < -0.3 is 9.55 Å². The molecule has 3 aromatic heterocycles. The first-order valence-corrected chi connectivity index (χ1v) is 8.74. The van der Waals surface area contributed by atoms with Gasteiger partial charge >= 0.3 is 0 Å². The van der Waals surface area contributed by atoms with E-state index in [0.29, 0.717) is 11.4 Å². The van der Waals surface area contributed by atoms with E-state index >= 15 is 0 Å². The van der Waals surface area contributed by atoms with Crippen LogP contribution in [0.3, 0.4) is 0 Å². The normalized spacial score (nSPS) is 11.7. The Morgan fingerprint density at radius 2 is 1.89 bits per heavy atom. The first-order chi connectivity index (χ1) is 13.1.